The number of nitrogens with one attached hydrogen (secondary N) is 2. The maximum atomic E-state index is 13.8. The Balaban J connectivity index is 1.66. The first kappa shape index (κ1) is 26.6. The summed E-state index contributed by atoms with van der Waals surface area (Å²) in [6.45, 7) is 5.15. The molecule has 4 rings (SSSR count). The summed E-state index contributed by atoms with van der Waals surface area (Å²) in [5.41, 5.74) is -0.379. The molecule has 0 saturated heterocycles. The number of aromatic nitrogens is 3. The number of fused-ring (bicyclic) bond motifs is 1. The second kappa shape index (κ2) is 10.2. The van der Waals surface area contributed by atoms with Crippen LogP contribution in [-0.4, -0.2) is 33.7 Å². The highest BCUT2D eigenvalue weighted by atomic mass is 19.4. The van der Waals surface area contributed by atoms with Crippen molar-refractivity contribution in [1.82, 2.24) is 20.1 Å². The lowest BCUT2D eigenvalue weighted by molar-refractivity contribution is -0.138. The number of amides is 2. The standard InChI is InChI=1S/C27H26F3N5O3/c1-26(2,3)25(37)32-14-16-8-9-20(27(28,29)30)18(12-16)24(36)34-21-6-5-7-22-19(21)15-33-35(22)17-10-11-31-23(13-17)38-4/h5-13,15H,14H2,1-4H3,(H,32,37)(H,34,36). The van der Waals surface area contributed by atoms with Gasteiger partial charge in [0.2, 0.25) is 11.8 Å². The summed E-state index contributed by atoms with van der Waals surface area (Å²) in [6, 6.07) is 11.7. The lowest BCUT2D eigenvalue weighted by atomic mass is 9.95. The number of benzene rings is 2. The molecule has 0 fully saturated rings. The summed E-state index contributed by atoms with van der Waals surface area (Å²) in [4.78, 5) is 29.5. The predicted octanol–water partition coefficient (Wildman–Crippen LogP) is 5.36. The van der Waals surface area contributed by atoms with E-state index in [1.807, 2.05) is 0 Å². The minimum atomic E-state index is -4.75. The van der Waals surface area contributed by atoms with Crippen molar-refractivity contribution in [2.45, 2.75) is 33.5 Å². The second-order valence-electron chi connectivity index (χ2n) is 9.62. The molecule has 198 valence electrons. The summed E-state index contributed by atoms with van der Waals surface area (Å²) in [5, 5.41) is 10.2. The summed E-state index contributed by atoms with van der Waals surface area (Å²) in [7, 11) is 1.49. The molecule has 0 radical (unpaired) electrons. The van der Waals surface area contributed by atoms with E-state index in [-0.39, 0.29) is 12.5 Å². The molecule has 38 heavy (non-hydrogen) atoms. The Hall–Kier alpha value is -4.41. The van der Waals surface area contributed by atoms with Crippen LogP contribution in [0.25, 0.3) is 16.6 Å². The van der Waals surface area contributed by atoms with Crippen molar-refractivity contribution in [3.05, 3.63) is 77.6 Å². The van der Waals surface area contributed by atoms with Gasteiger partial charge in [0, 0.05) is 29.6 Å². The van der Waals surface area contributed by atoms with E-state index in [0.717, 1.165) is 12.1 Å². The van der Waals surface area contributed by atoms with Crippen LogP contribution in [0.2, 0.25) is 0 Å². The predicted molar refractivity (Wildman–Crippen MR) is 136 cm³/mol. The number of nitrogens with zero attached hydrogens (tertiary/aromatic N) is 3. The van der Waals surface area contributed by atoms with E-state index in [9.17, 15) is 22.8 Å². The van der Waals surface area contributed by atoms with Crippen LogP contribution in [0.1, 0.15) is 42.3 Å². The fourth-order valence-corrected chi connectivity index (χ4v) is 3.78. The largest absolute Gasteiger partial charge is 0.481 e. The summed E-state index contributed by atoms with van der Waals surface area (Å²) < 4.78 is 48.1. The number of carbonyl (C=O) groups is 2. The van der Waals surface area contributed by atoms with E-state index in [0.29, 0.717) is 33.7 Å². The molecule has 0 bridgehead atoms. The minimum absolute atomic E-state index is 0.0216. The topological polar surface area (TPSA) is 98.1 Å². The fourth-order valence-electron chi connectivity index (χ4n) is 3.78. The molecule has 4 aromatic rings. The van der Waals surface area contributed by atoms with Crippen molar-refractivity contribution >= 4 is 28.4 Å². The van der Waals surface area contributed by atoms with Crippen molar-refractivity contribution < 1.29 is 27.5 Å². The monoisotopic (exact) mass is 525 g/mol. The molecule has 0 aliphatic rings. The number of hydrogen-bond donors (Lipinski definition) is 2. The normalized spacial score (nSPS) is 11.9. The van der Waals surface area contributed by atoms with Crippen molar-refractivity contribution in [3.8, 4) is 11.6 Å². The molecule has 0 atom stereocenters. The fraction of sp³-hybridized carbons (Fsp3) is 0.259. The molecule has 2 aromatic carbocycles. The number of anilines is 1. The quantitative estimate of drug-likeness (QED) is 0.353. The number of alkyl halides is 3. The highest BCUT2D eigenvalue weighted by Gasteiger charge is 2.35. The molecule has 0 spiro atoms. The van der Waals surface area contributed by atoms with Crippen LogP contribution in [0.4, 0.5) is 18.9 Å². The SMILES string of the molecule is COc1cc(-n2ncc3c(NC(=O)c4cc(CNC(=O)C(C)(C)C)ccc4C(F)(F)F)cccc32)ccn1. The van der Waals surface area contributed by atoms with E-state index in [2.05, 4.69) is 20.7 Å². The molecule has 0 saturated carbocycles. The second-order valence-corrected chi connectivity index (χ2v) is 9.62. The molecule has 11 heteroatoms. The van der Waals surface area contributed by atoms with Gasteiger partial charge in [-0.3, -0.25) is 9.59 Å². The van der Waals surface area contributed by atoms with Crippen LogP contribution >= 0.6 is 0 Å². The Labute approximate surface area is 216 Å². The summed E-state index contributed by atoms with van der Waals surface area (Å²) >= 11 is 0. The molecule has 0 aliphatic heterocycles. The third-order valence-electron chi connectivity index (χ3n) is 5.80. The number of rotatable bonds is 6. The van der Waals surface area contributed by atoms with Crippen LogP contribution in [0.3, 0.4) is 0 Å². The van der Waals surface area contributed by atoms with Gasteiger partial charge in [-0.25, -0.2) is 9.67 Å². The van der Waals surface area contributed by atoms with Crippen molar-refractivity contribution in [3.63, 3.8) is 0 Å². The van der Waals surface area contributed by atoms with Crippen molar-refractivity contribution in [1.29, 1.82) is 0 Å². The lowest BCUT2D eigenvalue weighted by Crippen LogP contribution is -2.34. The van der Waals surface area contributed by atoms with E-state index in [1.54, 1.807) is 62.0 Å². The molecule has 2 amide bonds. The Bertz CT molecular complexity index is 1510. The number of hydrogen-bond acceptors (Lipinski definition) is 5. The lowest BCUT2D eigenvalue weighted by Gasteiger charge is -2.19. The zero-order chi connectivity index (χ0) is 27.7. The van der Waals surface area contributed by atoms with Gasteiger partial charge in [-0.05, 0) is 35.9 Å². The molecular formula is C27H26F3N5O3. The van der Waals surface area contributed by atoms with Gasteiger partial charge in [0.25, 0.3) is 5.91 Å². The van der Waals surface area contributed by atoms with Gasteiger partial charge >= 0.3 is 6.18 Å². The highest BCUT2D eigenvalue weighted by molar-refractivity contribution is 6.09. The molecular weight excluding hydrogens is 499 g/mol. The maximum absolute atomic E-state index is 13.8. The first-order valence-electron chi connectivity index (χ1n) is 11.7. The average molecular weight is 526 g/mol. The molecule has 0 unspecified atom stereocenters. The smallest absolute Gasteiger partial charge is 0.417 e. The molecule has 2 heterocycles. The Kier molecular flexibility index (Phi) is 7.12. The van der Waals surface area contributed by atoms with Crippen molar-refractivity contribution in [2.24, 2.45) is 5.41 Å². The van der Waals surface area contributed by atoms with Crippen LogP contribution in [-0.2, 0) is 17.5 Å². The maximum Gasteiger partial charge on any atom is 0.417 e. The molecule has 0 aliphatic carbocycles. The van der Waals surface area contributed by atoms with Crippen LogP contribution in [0.15, 0.2) is 60.9 Å². The van der Waals surface area contributed by atoms with Gasteiger partial charge in [0.15, 0.2) is 0 Å². The van der Waals surface area contributed by atoms with Gasteiger partial charge in [0.1, 0.15) is 0 Å². The zero-order valence-corrected chi connectivity index (χ0v) is 21.2. The first-order valence-corrected chi connectivity index (χ1v) is 11.7. The molecule has 8 nitrogen and oxygen atoms in total. The van der Waals surface area contributed by atoms with E-state index in [1.165, 1.54) is 19.4 Å². The van der Waals surface area contributed by atoms with Gasteiger partial charge < -0.3 is 15.4 Å². The summed E-state index contributed by atoms with van der Waals surface area (Å²) in [5.74, 6) is -0.820. The van der Waals surface area contributed by atoms with Gasteiger partial charge in [-0.1, -0.05) is 32.9 Å². The third-order valence-corrected chi connectivity index (χ3v) is 5.80. The van der Waals surface area contributed by atoms with E-state index >= 15 is 0 Å². The average Bonchev–Trinajstić information content (AvgIpc) is 3.31. The van der Waals surface area contributed by atoms with E-state index < -0.39 is 28.6 Å². The van der Waals surface area contributed by atoms with Gasteiger partial charge in [-0.2, -0.15) is 18.3 Å². The molecule has 2 aromatic heterocycles. The minimum Gasteiger partial charge on any atom is -0.481 e. The molecule has 2 N–H and O–H groups in total. The van der Waals surface area contributed by atoms with Gasteiger partial charge in [-0.15, -0.1) is 0 Å². The number of carbonyl (C=O) groups excluding carboxylic acids is 2. The van der Waals surface area contributed by atoms with Crippen molar-refractivity contribution in [2.75, 3.05) is 12.4 Å². The van der Waals surface area contributed by atoms with Crippen LogP contribution in [0.5, 0.6) is 5.88 Å². The van der Waals surface area contributed by atoms with Crippen LogP contribution < -0.4 is 15.4 Å². The number of methoxy groups -OCH3 is 1. The first-order chi connectivity index (χ1) is 17.9. The Morgan fingerprint density at radius 3 is 2.50 bits per heavy atom. The third kappa shape index (κ3) is 5.61. The van der Waals surface area contributed by atoms with Gasteiger partial charge in [0.05, 0.1) is 41.3 Å². The Morgan fingerprint density at radius 1 is 1.05 bits per heavy atom. The van der Waals surface area contributed by atoms with E-state index in [4.69, 9.17) is 4.74 Å². The van der Waals surface area contributed by atoms with Crippen LogP contribution in [0, 0.1) is 5.41 Å². The number of pyridine rings is 1. The Morgan fingerprint density at radius 2 is 1.82 bits per heavy atom. The number of halogens is 3. The number of ether oxygens (including phenoxy) is 1. The zero-order valence-electron chi connectivity index (χ0n) is 21.2. The highest BCUT2D eigenvalue weighted by Crippen LogP contribution is 2.34. The summed E-state index contributed by atoms with van der Waals surface area (Å²) in [6.07, 6.45) is -1.68.